The number of hydrogen-bond donors (Lipinski definition) is 1. The zero-order chi connectivity index (χ0) is 12.1. The van der Waals surface area contributed by atoms with E-state index in [-0.39, 0.29) is 6.61 Å². The lowest BCUT2D eigenvalue weighted by Crippen LogP contribution is -1.99. The van der Waals surface area contributed by atoms with Crippen LogP contribution >= 0.6 is 0 Å². The van der Waals surface area contributed by atoms with Crippen LogP contribution < -0.4 is 9.47 Å². The van der Waals surface area contributed by atoms with E-state index in [0.29, 0.717) is 0 Å². The highest BCUT2D eigenvalue weighted by Gasteiger charge is 2.13. The Morgan fingerprint density at radius 2 is 1.76 bits per heavy atom. The maximum absolute atomic E-state index is 8.92. The molecule has 0 spiro atoms. The van der Waals surface area contributed by atoms with E-state index in [4.69, 9.17) is 14.6 Å². The standard InChI is InChI=1S/C14H20O3/c1-2-11-9-13-14(17-8-4-7-16-13)10-12(11)5-3-6-15/h9-10,15H,2-8H2,1H3. The summed E-state index contributed by atoms with van der Waals surface area (Å²) in [6, 6.07) is 4.17. The Balaban J connectivity index is 2.28. The zero-order valence-corrected chi connectivity index (χ0v) is 10.4. The second kappa shape index (κ2) is 5.92. The van der Waals surface area contributed by atoms with Gasteiger partial charge >= 0.3 is 0 Å². The van der Waals surface area contributed by atoms with Gasteiger partial charge in [0, 0.05) is 13.0 Å². The summed E-state index contributed by atoms with van der Waals surface area (Å²) in [6.07, 6.45) is 3.61. The minimum Gasteiger partial charge on any atom is -0.490 e. The molecule has 1 N–H and O–H groups in total. The molecule has 1 aromatic carbocycles. The number of benzene rings is 1. The molecule has 0 saturated heterocycles. The van der Waals surface area contributed by atoms with Crippen molar-refractivity contribution in [2.45, 2.75) is 32.6 Å². The van der Waals surface area contributed by atoms with Gasteiger partial charge < -0.3 is 14.6 Å². The number of rotatable bonds is 4. The summed E-state index contributed by atoms with van der Waals surface area (Å²) < 4.78 is 11.4. The molecule has 1 heterocycles. The topological polar surface area (TPSA) is 38.7 Å². The third kappa shape index (κ3) is 2.91. The fourth-order valence-electron chi connectivity index (χ4n) is 2.12. The van der Waals surface area contributed by atoms with Crippen LogP contribution in [0.15, 0.2) is 12.1 Å². The van der Waals surface area contributed by atoms with Gasteiger partial charge in [-0.3, -0.25) is 0 Å². The molecule has 0 atom stereocenters. The number of fused-ring (bicyclic) bond motifs is 1. The Bertz CT molecular complexity index is 374. The number of hydrogen-bond acceptors (Lipinski definition) is 3. The van der Waals surface area contributed by atoms with Gasteiger partial charge in [0.25, 0.3) is 0 Å². The van der Waals surface area contributed by atoms with Crippen molar-refractivity contribution >= 4 is 0 Å². The Hall–Kier alpha value is -1.22. The summed E-state index contributed by atoms with van der Waals surface area (Å²) in [6.45, 7) is 3.82. The molecule has 94 valence electrons. The number of aliphatic hydroxyl groups is 1. The first-order valence-corrected chi connectivity index (χ1v) is 6.37. The van der Waals surface area contributed by atoms with Gasteiger partial charge in [0.15, 0.2) is 11.5 Å². The Morgan fingerprint density at radius 1 is 1.12 bits per heavy atom. The quantitative estimate of drug-likeness (QED) is 0.872. The van der Waals surface area contributed by atoms with Crippen molar-refractivity contribution in [3.8, 4) is 11.5 Å². The molecule has 0 radical (unpaired) electrons. The van der Waals surface area contributed by atoms with E-state index >= 15 is 0 Å². The third-order valence-electron chi connectivity index (χ3n) is 3.05. The van der Waals surface area contributed by atoms with Crippen LogP contribution in [0.5, 0.6) is 11.5 Å². The molecule has 1 aromatic rings. The first kappa shape index (κ1) is 12.2. The summed E-state index contributed by atoms with van der Waals surface area (Å²) in [5.41, 5.74) is 2.56. The molecular formula is C14H20O3. The maximum Gasteiger partial charge on any atom is 0.161 e. The highest BCUT2D eigenvalue weighted by atomic mass is 16.5. The molecular weight excluding hydrogens is 216 g/mol. The van der Waals surface area contributed by atoms with Crippen molar-refractivity contribution in [2.24, 2.45) is 0 Å². The highest BCUT2D eigenvalue weighted by molar-refractivity contribution is 5.48. The van der Waals surface area contributed by atoms with E-state index in [2.05, 4.69) is 19.1 Å². The third-order valence-corrected chi connectivity index (χ3v) is 3.05. The second-order valence-electron chi connectivity index (χ2n) is 4.30. The lowest BCUT2D eigenvalue weighted by Gasteiger charge is -2.13. The maximum atomic E-state index is 8.92. The minimum atomic E-state index is 0.234. The van der Waals surface area contributed by atoms with E-state index in [1.807, 2.05) is 0 Å². The predicted octanol–water partition coefficient (Wildman–Crippen LogP) is 2.34. The molecule has 0 bridgehead atoms. The zero-order valence-electron chi connectivity index (χ0n) is 10.4. The largest absolute Gasteiger partial charge is 0.490 e. The molecule has 0 amide bonds. The SMILES string of the molecule is CCc1cc2c(cc1CCCO)OCCCO2. The molecule has 0 unspecified atom stereocenters. The van der Waals surface area contributed by atoms with Gasteiger partial charge in [-0.1, -0.05) is 6.92 Å². The average Bonchev–Trinajstić information content (AvgIpc) is 2.59. The van der Waals surface area contributed by atoms with Crippen LogP contribution in [0.3, 0.4) is 0 Å². The van der Waals surface area contributed by atoms with E-state index in [1.54, 1.807) is 0 Å². The van der Waals surface area contributed by atoms with Gasteiger partial charge in [0.05, 0.1) is 13.2 Å². The number of aliphatic hydroxyl groups excluding tert-OH is 1. The molecule has 0 saturated carbocycles. The normalized spacial score (nSPS) is 14.5. The minimum absolute atomic E-state index is 0.234. The predicted molar refractivity (Wildman–Crippen MR) is 66.8 cm³/mol. The lowest BCUT2D eigenvalue weighted by molar-refractivity contribution is 0.288. The molecule has 2 rings (SSSR count). The molecule has 1 aliphatic rings. The first-order valence-electron chi connectivity index (χ1n) is 6.37. The highest BCUT2D eigenvalue weighted by Crippen LogP contribution is 2.33. The van der Waals surface area contributed by atoms with Crippen molar-refractivity contribution in [2.75, 3.05) is 19.8 Å². The van der Waals surface area contributed by atoms with Crippen LogP contribution in [0.1, 0.15) is 30.9 Å². The van der Waals surface area contributed by atoms with Crippen molar-refractivity contribution < 1.29 is 14.6 Å². The average molecular weight is 236 g/mol. The van der Waals surface area contributed by atoms with E-state index in [9.17, 15) is 0 Å². The summed E-state index contributed by atoms with van der Waals surface area (Å²) >= 11 is 0. The summed E-state index contributed by atoms with van der Waals surface area (Å²) in [7, 11) is 0. The van der Waals surface area contributed by atoms with Crippen LogP contribution in [0.2, 0.25) is 0 Å². The molecule has 1 aliphatic heterocycles. The summed E-state index contributed by atoms with van der Waals surface area (Å²) in [4.78, 5) is 0. The summed E-state index contributed by atoms with van der Waals surface area (Å²) in [5, 5.41) is 8.92. The first-order chi connectivity index (χ1) is 8.35. The molecule has 3 heteroatoms. The summed E-state index contributed by atoms with van der Waals surface area (Å²) in [5.74, 6) is 1.72. The number of ether oxygens (including phenoxy) is 2. The smallest absolute Gasteiger partial charge is 0.161 e. The van der Waals surface area contributed by atoms with Gasteiger partial charge in [-0.2, -0.15) is 0 Å². The van der Waals surface area contributed by atoms with Gasteiger partial charge in [-0.15, -0.1) is 0 Å². The van der Waals surface area contributed by atoms with E-state index in [0.717, 1.165) is 50.4 Å². The van der Waals surface area contributed by atoms with Gasteiger partial charge in [-0.05, 0) is 42.5 Å². The fourth-order valence-corrected chi connectivity index (χ4v) is 2.12. The molecule has 0 aliphatic carbocycles. The van der Waals surface area contributed by atoms with Crippen LogP contribution in [0.25, 0.3) is 0 Å². The number of aryl methyl sites for hydroxylation is 2. The van der Waals surface area contributed by atoms with Crippen molar-refractivity contribution in [3.05, 3.63) is 23.3 Å². The molecule has 17 heavy (non-hydrogen) atoms. The monoisotopic (exact) mass is 236 g/mol. The molecule has 0 aromatic heterocycles. The van der Waals surface area contributed by atoms with Gasteiger partial charge in [0.2, 0.25) is 0 Å². The Kier molecular flexibility index (Phi) is 4.26. The fraction of sp³-hybridized carbons (Fsp3) is 0.571. The van der Waals surface area contributed by atoms with Gasteiger partial charge in [0.1, 0.15) is 0 Å². The van der Waals surface area contributed by atoms with Crippen LogP contribution in [0, 0.1) is 0 Å². The Labute approximate surface area is 102 Å². The van der Waals surface area contributed by atoms with Crippen LogP contribution in [0.4, 0.5) is 0 Å². The second-order valence-corrected chi connectivity index (χ2v) is 4.30. The van der Waals surface area contributed by atoms with Crippen LogP contribution in [-0.2, 0) is 12.8 Å². The van der Waals surface area contributed by atoms with Crippen molar-refractivity contribution in [3.63, 3.8) is 0 Å². The van der Waals surface area contributed by atoms with Crippen molar-refractivity contribution in [1.82, 2.24) is 0 Å². The molecule has 0 fully saturated rings. The van der Waals surface area contributed by atoms with Gasteiger partial charge in [-0.25, -0.2) is 0 Å². The molecule has 3 nitrogen and oxygen atoms in total. The van der Waals surface area contributed by atoms with Crippen molar-refractivity contribution in [1.29, 1.82) is 0 Å². The Morgan fingerprint density at radius 3 is 2.35 bits per heavy atom. The van der Waals surface area contributed by atoms with Crippen LogP contribution in [-0.4, -0.2) is 24.9 Å². The lowest BCUT2D eigenvalue weighted by atomic mass is 10.00. The van der Waals surface area contributed by atoms with E-state index in [1.165, 1.54) is 11.1 Å². The van der Waals surface area contributed by atoms with E-state index < -0.39 is 0 Å².